The highest BCUT2D eigenvalue weighted by atomic mass is 16.2. The summed E-state index contributed by atoms with van der Waals surface area (Å²) in [6, 6.07) is 0. The Hall–Kier alpha value is -0.530. The lowest BCUT2D eigenvalue weighted by Crippen LogP contribution is -2.18. The molecule has 0 radical (unpaired) electrons. The van der Waals surface area contributed by atoms with Crippen LogP contribution in [0.2, 0.25) is 0 Å². The first-order valence-corrected chi connectivity index (χ1v) is 3.62. The van der Waals surface area contributed by atoms with Crippen molar-refractivity contribution < 1.29 is 4.79 Å². The molecule has 1 heterocycles. The fourth-order valence-corrected chi connectivity index (χ4v) is 1.27. The first-order valence-electron chi connectivity index (χ1n) is 3.62. The zero-order valence-corrected chi connectivity index (χ0v) is 5.81. The monoisotopic (exact) mass is 127 g/mol. The van der Waals surface area contributed by atoms with Crippen LogP contribution in [0.5, 0.6) is 0 Å². The van der Waals surface area contributed by atoms with E-state index in [-0.39, 0.29) is 5.91 Å². The molecule has 1 amide bonds. The van der Waals surface area contributed by atoms with Gasteiger partial charge < -0.3 is 5.32 Å². The van der Waals surface area contributed by atoms with E-state index in [2.05, 4.69) is 12.2 Å². The van der Waals surface area contributed by atoms with E-state index in [4.69, 9.17) is 0 Å². The van der Waals surface area contributed by atoms with E-state index in [0.717, 1.165) is 25.8 Å². The van der Waals surface area contributed by atoms with E-state index in [9.17, 15) is 4.79 Å². The van der Waals surface area contributed by atoms with Crippen molar-refractivity contribution in [3.05, 3.63) is 0 Å². The average Bonchev–Trinajstić information content (AvgIpc) is 2.18. The Kier molecular flexibility index (Phi) is 2.09. The highest BCUT2D eigenvalue weighted by molar-refractivity contribution is 5.80. The number of carbonyl (C=O) groups is 1. The van der Waals surface area contributed by atoms with E-state index in [1.54, 1.807) is 0 Å². The van der Waals surface area contributed by atoms with Crippen molar-refractivity contribution in [2.45, 2.75) is 26.2 Å². The summed E-state index contributed by atoms with van der Waals surface area (Å²) in [5.41, 5.74) is 0. The molecule has 2 heteroatoms. The zero-order chi connectivity index (χ0) is 6.69. The van der Waals surface area contributed by atoms with E-state index in [1.165, 1.54) is 0 Å². The largest absolute Gasteiger partial charge is 0.356 e. The standard InChI is InChI=1S/C7H13NO/c1-2-3-6-4-5-8-7(6)9/h6H,2-5H2,1H3,(H,8,9)/t6-/m1/s1. The van der Waals surface area contributed by atoms with Crippen LogP contribution in [0.25, 0.3) is 0 Å². The van der Waals surface area contributed by atoms with Gasteiger partial charge >= 0.3 is 0 Å². The van der Waals surface area contributed by atoms with E-state index >= 15 is 0 Å². The second-order valence-electron chi connectivity index (χ2n) is 2.57. The average molecular weight is 127 g/mol. The predicted molar refractivity (Wildman–Crippen MR) is 36.0 cm³/mol. The smallest absolute Gasteiger partial charge is 0.223 e. The minimum Gasteiger partial charge on any atom is -0.356 e. The molecular weight excluding hydrogens is 114 g/mol. The molecule has 0 aromatic carbocycles. The second-order valence-corrected chi connectivity index (χ2v) is 2.57. The molecule has 1 N–H and O–H groups in total. The molecule has 0 unspecified atom stereocenters. The minimum absolute atomic E-state index is 0.261. The predicted octanol–water partition coefficient (Wildman–Crippen LogP) is 0.923. The summed E-state index contributed by atoms with van der Waals surface area (Å²) in [7, 11) is 0. The van der Waals surface area contributed by atoms with Crippen LogP contribution in [0.1, 0.15) is 26.2 Å². The SMILES string of the molecule is CCC[C@@H]1CCNC1=O. The Bertz CT molecular complexity index is 111. The summed E-state index contributed by atoms with van der Waals surface area (Å²) in [4.78, 5) is 10.9. The summed E-state index contributed by atoms with van der Waals surface area (Å²) < 4.78 is 0. The lowest BCUT2D eigenvalue weighted by molar-refractivity contribution is -0.122. The van der Waals surface area contributed by atoms with E-state index in [0.29, 0.717) is 5.92 Å². The van der Waals surface area contributed by atoms with E-state index < -0.39 is 0 Å². The molecule has 1 rings (SSSR count). The first kappa shape index (κ1) is 6.59. The zero-order valence-electron chi connectivity index (χ0n) is 5.81. The molecule has 9 heavy (non-hydrogen) atoms. The van der Waals surface area contributed by atoms with E-state index in [1.807, 2.05) is 0 Å². The normalized spacial score (nSPS) is 26.3. The number of amides is 1. The maximum Gasteiger partial charge on any atom is 0.223 e. The number of hydrogen-bond donors (Lipinski definition) is 1. The van der Waals surface area contributed by atoms with Gasteiger partial charge in [0, 0.05) is 12.5 Å². The lowest BCUT2D eigenvalue weighted by atomic mass is 10.0. The van der Waals surface area contributed by atoms with Crippen LogP contribution < -0.4 is 5.32 Å². The third-order valence-corrected chi connectivity index (χ3v) is 1.80. The van der Waals surface area contributed by atoms with Gasteiger partial charge in [-0.1, -0.05) is 13.3 Å². The molecule has 1 aliphatic rings. The number of hydrogen-bond acceptors (Lipinski definition) is 1. The van der Waals surface area contributed by atoms with Gasteiger partial charge in [0.05, 0.1) is 0 Å². The van der Waals surface area contributed by atoms with Crippen LogP contribution in [0.4, 0.5) is 0 Å². The third-order valence-electron chi connectivity index (χ3n) is 1.80. The van der Waals surface area contributed by atoms with Crippen LogP contribution in [-0.4, -0.2) is 12.5 Å². The molecule has 0 aromatic rings. The number of rotatable bonds is 2. The molecule has 0 saturated carbocycles. The fourth-order valence-electron chi connectivity index (χ4n) is 1.27. The second kappa shape index (κ2) is 2.85. The van der Waals surface area contributed by atoms with Crippen LogP contribution in [-0.2, 0) is 4.79 Å². The third kappa shape index (κ3) is 1.44. The van der Waals surface area contributed by atoms with Crippen molar-refractivity contribution >= 4 is 5.91 Å². The highest BCUT2D eigenvalue weighted by Gasteiger charge is 2.22. The molecule has 0 spiro atoms. The van der Waals surface area contributed by atoms with Crippen molar-refractivity contribution in [2.75, 3.05) is 6.54 Å². The van der Waals surface area contributed by atoms with Gasteiger partial charge in [-0.2, -0.15) is 0 Å². The maximum absolute atomic E-state index is 10.9. The number of nitrogens with one attached hydrogen (secondary N) is 1. The van der Waals surface area contributed by atoms with Crippen molar-refractivity contribution in [1.29, 1.82) is 0 Å². The highest BCUT2D eigenvalue weighted by Crippen LogP contribution is 2.14. The number of carbonyl (C=O) groups excluding carboxylic acids is 1. The lowest BCUT2D eigenvalue weighted by Gasteiger charge is -2.01. The molecule has 1 fully saturated rings. The summed E-state index contributed by atoms with van der Waals surface area (Å²) in [6.45, 7) is 3.01. The molecule has 52 valence electrons. The van der Waals surface area contributed by atoms with Gasteiger partial charge in [-0.25, -0.2) is 0 Å². The molecule has 1 atom stereocenters. The Morgan fingerprint density at radius 2 is 2.56 bits per heavy atom. The Morgan fingerprint density at radius 3 is 3.00 bits per heavy atom. The van der Waals surface area contributed by atoms with Gasteiger partial charge in [-0.3, -0.25) is 4.79 Å². The fraction of sp³-hybridized carbons (Fsp3) is 0.857. The molecule has 0 aromatic heterocycles. The summed E-state index contributed by atoms with van der Waals surface area (Å²) in [5.74, 6) is 0.590. The summed E-state index contributed by atoms with van der Waals surface area (Å²) >= 11 is 0. The quantitative estimate of drug-likeness (QED) is 0.587. The maximum atomic E-state index is 10.9. The van der Waals surface area contributed by atoms with Crippen molar-refractivity contribution in [3.8, 4) is 0 Å². The first-order chi connectivity index (χ1) is 4.34. The van der Waals surface area contributed by atoms with Crippen LogP contribution in [0.3, 0.4) is 0 Å². The van der Waals surface area contributed by atoms with Gasteiger partial charge in [-0.15, -0.1) is 0 Å². The van der Waals surface area contributed by atoms with Crippen LogP contribution in [0.15, 0.2) is 0 Å². The topological polar surface area (TPSA) is 29.1 Å². The summed E-state index contributed by atoms with van der Waals surface area (Å²) in [5, 5.41) is 2.82. The van der Waals surface area contributed by atoms with Gasteiger partial charge in [0.25, 0.3) is 0 Å². The minimum atomic E-state index is 0.261. The van der Waals surface area contributed by atoms with Crippen molar-refractivity contribution in [1.82, 2.24) is 5.32 Å². The van der Waals surface area contributed by atoms with Gasteiger partial charge in [0.15, 0.2) is 0 Å². The molecular formula is C7H13NO. The van der Waals surface area contributed by atoms with Gasteiger partial charge in [0.1, 0.15) is 0 Å². The Labute approximate surface area is 55.6 Å². The Morgan fingerprint density at radius 1 is 1.78 bits per heavy atom. The Balaban J connectivity index is 2.31. The van der Waals surface area contributed by atoms with Crippen LogP contribution >= 0.6 is 0 Å². The summed E-state index contributed by atoms with van der Waals surface area (Å²) in [6.07, 6.45) is 3.23. The molecule has 0 aliphatic carbocycles. The van der Waals surface area contributed by atoms with Crippen molar-refractivity contribution in [2.24, 2.45) is 5.92 Å². The molecule has 1 saturated heterocycles. The molecule has 1 aliphatic heterocycles. The van der Waals surface area contributed by atoms with Gasteiger partial charge in [-0.05, 0) is 12.8 Å². The molecule has 2 nitrogen and oxygen atoms in total. The molecule has 0 bridgehead atoms. The van der Waals surface area contributed by atoms with Crippen LogP contribution in [0, 0.1) is 5.92 Å². The van der Waals surface area contributed by atoms with Gasteiger partial charge in [0.2, 0.25) is 5.91 Å². The van der Waals surface area contributed by atoms with Crippen molar-refractivity contribution in [3.63, 3.8) is 0 Å².